The molecule has 0 aliphatic carbocycles. The third-order valence-electron chi connectivity index (χ3n) is 3.08. The lowest BCUT2D eigenvalue weighted by Crippen LogP contribution is -2.01. The van der Waals surface area contributed by atoms with E-state index in [1.54, 1.807) is 12.1 Å². The van der Waals surface area contributed by atoms with Gasteiger partial charge in [0.05, 0.1) is 5.56 Å². The number of hydrogen-bond acceptors (Lipinski definition) is 2. The van der Waals surface area contributed by atoms with Crippen LogP contribution in [-0.2, 0) is 0 Å². The van der Waals surface area contributed by atoms with Crippen LogP contribution in [0, 0.1) is 5.82 Å². The predicted molar refractivity (Wildman–Crippen MR) is 77.0 cm³/mol. The molecule has 0 aromatic heterocycles. The molecule has 0 heterocycles. The van der Waals surface area contributed by atoms with E-state index in [0.717, 1.165) is 5.56 Å². The zero-order valence-electron chi connectivity index (χ0n) is 11.8. The van der Waals surface area contributed by atoms with E-state index in [1.165, 1.54) is 19.1 Å². The van der Waals surface area contributed by atoms with Crippen molar-refractivity contribution in [2.24, 2.45) is 0 Å². The first-order valence-corrected chi connectivity index (χ1v) is 6.56. The monoisotopic (exact) mass is 272 g/mol. The molecule has 0 aliphatic heterocycles. The molecule has 0 unspecified atom stereocenters. The van der Waals surface area contributed by atoms with Crippen molar-refractivity contribution in [2.75, 3.05) is 0 Å². The van der Waals surface area contributed by atoms with E-state index >= 15 is 0 Å². The van der Waals surface area contributed by atoms with Gasteiger partial charge in [-0.3, -0.25) is 4.79 Å². The van der Waals surface area contributed by atoms with Crippen LogP contribution in [0.3, 0.4) is 0 Å². The molecule has 2 nitrogen and oxygen atoms in total. The Morgan fingerprint density at radius 1 is 1.15 bits per heavy atom. The van der Waals surface area contributed by atoms with Crippen molar-refractivity contribution >= 4 is 5.78 Å². The van der Waals surface area contributed by atoms with Gasteiger partial charge in [0.2, 0.25) is 0 Å². The van der Waals surface area contributed by atoms with Gasteiger partial charge >= 0.3 is 0 Å². The number of ketones is 1. The number of carbonyl (C=O) groups excluding carboxylic acids is 1. The average molecular weight is 272 g/mol. The zero-order valence-corrected chi connectivity index (χ0v) is 11.8. The molecule has 2 rings (SSSR count). The number of halogens is 1. The summed E-state index contributed by atoms with van der Waals surface area (Å²) in [5, 5.41) is 0. The van der Waals surface area contributed by atoms with Gasteiger partial charge in [0.15, 0.2) is 5.78 Å². The van der Waals surface area contributed by atoms with Crippen molar-refractivity contribution in [1.82, 2.24) is 0 Å². The predicted octanol–water partition coefficient (Wildman–Crippen LogP) is 4.94. The first kappa shape index (κ1) is 14.3. The quantitative estimate of drug-likeness (QED) is 0.736. The molecule has 2 aromatic rings. The summed E-state index contributed by atoms with van der Waals surface area (Å²) in [5.41, 5.74) is 1.12. The lowest BCUT2D eigenvalue weighted by atomic mass is 10.0. The number of benzene rings is 2. The second kappa shape index (κ2) is 5.87. The molecule has 3 heteroatoms. The Labute approximate surface area is 118 Å². The molecule has 0 saturated carbocycles. The van der Waals surface area contributed by atoms with E-state index in [2.05, 4.69) is 13.8 Å². The normalized spacial score (nSPS) is 10.7. The Morgan fingerprint density at radius 2 is 1.85 bits per heavy atom. The highest BCUT2D eigenvalue weighted by molar-refractivity contribution is 5.97. The molecule has 0 radical (unpaired) electrons. The molecule has 104 valence electrons. The zero-order chi connectivity index (χ0) is 14.7. The third-order valence-corrected chi connectivity index (χ3v) is 3.08. The lowest BCUT2D eigenvalue weighted by Gasteiger charge is -2.12. The maximum atomic E-state index is 13.7. The molecule has 2 aromatic carbocycles. The van der Waals surface area contributed by atoms with Crippen LogP contribution in [-0.4, -0.2) is 5.78 Å². The van der Waals surface area contributed by atoms with Gasteiger partial charge in [-0.05, 0) is 42.7 Å². The largest absolute Gasteiger partial charge is 0.456 e. The minimum atomic E-state index is -0.560. The summed E-state index contributed by atoms with van der Waals surface area (Å²) >= 11 is 0. The van der Waals surface area contributed by atoms with E-state index in [0.29, 0.717) is 11.7 Å². The van der Waals surface area contributed by atoms with Crippen LogP contribution in [0.2, 0.25) is 0 Å². The van der Waals surface area contributed by atoms with Crippen LogP contribution >= 0.6 is 0 Å². The fourth-order valence-corrected chi connectivity index (χ4v) is 2.00. The van der Waals surface area contributed by atoms with Gasteiger partial charge in [-0.15, -0.1) is 0 Å². The van der Waals surface area contributed by atoms with Gasteiger partial charge in [-0.2, -0.15) is 0 Å². The van der Waals surface area contributed by atoms with E-state index in [1.807, 2.05) is 18.2 Å². The maximum absolute atomic E-state index is 13.7. The molecule has 0 atom stereocenters. The number of ether oxygens (including phenoxy) is 1. The van der Waals surface area contributed by atoms with Crippen LogP contribution in [0.5, 0.6) is 11.5 Å². The summed E-state index contributed by atoms with van der Waals surface area (Å²) in [5.74, 6) is 0.314. The van der Waals surface area contributed by atoms with Gasteiger partial charge in [0.25, 0.3) is 0 Å². The van der Waals surface area contributed by atoms with E-state index < -0.39 is 5.82 Å². The Hall–Kier alpha value is -2.16. The minimum absolute atomic E-state index is 0.0116. The minimum Gasteiger partial charge on any atom is -0.456 e. The molecule has 0 spiro atoms. The summed E-state index contributed by atoms with van der Waals surface area (Å²) < 4.78 is 19.4. The topological polar surface area (TPSA) is 26.3 Å². The molecule has 0 fully saturated rings. The smallest absolute Gasteiger partial charge is 0.166 e. The van der Waals surface area contributed by atoms with Crippen molar-refractivity contribution in [3.8, 4) is 11.5 Å². The maximum Gasteiger partial charge on any atom is 0.166 e. The van der Waals surface area contributed by atoms with Crippen LogP contribution in [0.25, 0.3) is 0 Å². The second-order valence-electron chi connectivity index (χ2n) is 5.00. The number of hydrogen-bond donors (Lipinski definition) is 0. The molecule has 20 heavy (non-hydrogen) atoms. The van der Waals surface area contributed by atoms with Gasteiger partial charge in [-0.1, -0.05) is 32.0 Å². The SMILES string of the molecule is CC(=O)c1c(F)cccc1Oc1cccc(C(C)C)c1. The summed E-state index contributed by atoms with van der Waals surface area (Å²) in [6.45, 7) is 5.50. The van der Waals surface area contributed by atoms with Crippen LogP contribution in [0.15, 0.2) is 42.5 Å². The van der Waals surface area contributed by atoms with Crippen LogP contribution in [0.4, 0.5) is 4.39 Å². The first-order valence-electron chi connectivity index (χ1n) is 6.56. The standard InChI is InChI=1S/C17H17FO2/c1-11(2)13-6-4-7-14(10-13)20-16-9-5-8-15(18)17(16)12(3)19/h4-11H,1-3H3. The Kier molecular flexibility index (Phi) is 4.18. The van der Waals surface area contributed by atoms with Crippen molar-refractivity contribution in [1.29, 1.82) is 0 Å². The van der Waals surface area contributed by atoms with Gasteiger partial charge in [-0.25, -0.2) is 4.39 Å². The fourth-order valence-electron chi connectivity index (χ4n) is 2.00. The lowest BCUT2D eigenvalue weighted by molar-refractivity contribution is 0.101. The van der Waals surface area contributed by atoms with E-state index in [-0.39, 0.29) is 17.1 Å². The molecule has 0 aliphatic rings. The van der Waals surface area contributed by atoms with Gasteiger partial charge < -0.3 is 4.74 Å². The third kappa shape index (κ3) is 3.05. The molecular formula is C17H17FO2. The molecular weight excluding hydrogens is 255 g/mol. The molecule has 0 amide bonds. The Bertz CT molecular complexity index is 633. The highest BCUT2D eigenvalue weighted by atomic mass is 19.1. The van der Waals surface area contributed by atoms with Crippen molar-refractivity contribution in [2.45, 2.75) is 26.7 Å². The summed E-state index contributed by atoms with van der Waals surface area (Å²) in [6, 6.07) is 12.0. The van der Waals surface area contributed by atoms with Crippen LogP contribution < -0.4 is 4.74 Å². The van der Waals surface area contributed by atoms with Crippen molar-refractivity contribution in [3.05, 3.63) is 59.4 Å². The molecule has 0 bridgehead atoms. The average Bonchev–Trinajstić information content (AvgIpc) is 2.38. The van der Waals surface area contributed by atoms with Gasteiger partial charge in [0.1, 0.15) is 17.3 Å². The summed E-state index contributed by atoms with van der Waals surface area (Å²) in [4.78, 5) is 11.5. The highest BCUT2D eigenvalue weighted by Gasteiger charge is 2.15. The Balaban J connectivity index is 2.38. The number of carbonyl (C=O) groups is 1. The number of rotatable bonds is 4. The Morgan fingerprint density at radius 3 is 2.50 bits per heavy atom. The van der Waals surface area contributed by atoms with Crippen LogP contribution in [0.1, 0.15) is 42.6 Å². The van der Waals surface area contributed by atoms with E-state index in [4.69, 9.17) is 4.74 Å². The van der Waals surface area contributed by atoms with Crippen molar-refractivity contribution < 1.29 is 13.9 Å². The second-order valence-corrected chi connectivity index (χ2v) is 5.00. The summed E-state index contributed by atoms with van der Waals surface area (Å²) in [6.07, 6.45) is 0. The summed E-state index contributed by atoms with van der Waals surface area (Å²) in [7, 11) is 0. The van der Waals surface area contributed by atoms with Crippen molar-refractivity contribution in [3.63, 3.8) is 0 Å². The first-order chi connectivity index (χ1) is 9.49. The van der Waals surface area contributed by atoms with Gasteiger partial charge in [0, 0.05) is 0 Å². The fraction of sp³-hybridized carbons (Fsp3) is 0.235. The molecule has 0 saturated heterocycles. The highest BCUT2D eigenvalue weighted by Crippen LogP contribution is 2.29. The van der Waals surface area contributed by atoms with E-state index in [9.17, 15) is 9.18 Å². The number of Topliss-reactive ketones (excluding diaryl/α,β-unsaturated/α-hetero) is 1. The molecule has 0 N–H and O–H groups in total.